The minimum absolute atomic E-state index is 0.435. The SMILES string of the molecule is Cc1nc(CC(N)=NOCCCOc2ccccc2)cs1. The first-order valence-corrected chi connectivity index (χ1v) is 7.65. The summed E-state index contributed by atoms with van der Waals surface area (Å²) in [5.74, 6) is 1.30. The Bertz CT molecular complexity index is 569. The van der Waals surface area contributed by atoms with Crippen molar-refractivity contribution < 1.29 is 9.57 Å². The van der Waals surface area contributed by atoms with Gasteiger partial charge in [-0.3, -0.25) is 0 Å². The standard InChI is InChI=1S/C15H19N3O2S/c1-12-17-13(11-21-12)10-15(16)18-20-9-5-8-19-14-6-3-2-4-7-14/h2-4,6-7,11H,5,8-10H2,1H3,(H2,16,18). The Morgan fingerprint density at radius 3 is 2.81 bits per heavy atom. The molecule has 5 nitrogen and oxygen atoms in total. The number of oxime groups is 1. The summed E-state index contributed by atoms with van der Waals surface area (Å²) in [7, 11) is 0. The highest BCUT2D eigenvalue weighted by Gasteiger charge is 2.01. The van der Waals surface area contributed by atoms with E-state index in [-0.39, 0.29) is 0 Å². The van der Waals surface area contributed by atoms with Crippen molar-refractivity contribution >= 4 is 17.2 Å². The second-order valence-corrected chi connectivity index (χ2v) is 5.53. The summed E-state index contributed by atoms with van der Waals surface area (Å²) in [6.07, 6.45) is 1.27. The predicted octanol–water partition coefficient (Wildman–Crippen LogP) is 2.75. The van der Waals surface area contributed by atoms with Crippen molar-refractivity contribution in [3.8, 4) is 5.75 Å². The molecule has 0 saturated heterocycles. The molecule has 2 rings (SSSR count). The van der Waals surface area contributed by atoms with Crippen LogP contribution in [0.4, 0.5) is 0 Å². The molecule has 0 unspecified atom stereocenters. The van der Waals surface area contributed by atoms with Crippen LogP contribution < -0.4 is 10.5 Å². The molecule has 0 saturated carbocycles. The van der Waals surface area contributed by atoms with Crippen LogP contribution >= 0.6 is 11.3 Å². The van der Waals surface area contributed by atoms with Gasteiger partial charge in [0.05, 0.1) is 23.7 Å². The third-order valence-corrected chi connectivity index (χ3v) is 3.42. The van der Waals surface area contributed by atoms with Gasteiger partial charge >= 0.3 is 0 Å². The number of nitrogens with two attached hydrogens (primary N) is 1. The zero-order chi connectivity index (χ0) is 14.9. The van der Waals surface area contributed by atoms with Crippen LogP contribution in [0.5, 0.6) is 5.75 Å². The lowest BCUT2D eigenvalue weighted by Gasteiger charge is -2.05. The third-order valence-electron chi connectivity index (χ3n) is 2.60. The van der Waals surface area contributed by atoms with Gasteiger partial charge in [-0.1, -0.05) is 23.4 Å². The molecule has 0 amide bonds. The fourth-order valence-corrected chi connectivity index (χ4v) is 2.28. The van der Waals surface area contributed by atoms with Gasteiger partial charge in [-0.25, -0.2) is 4.98 Å². The molecule has 0 aliphatic heterocycles. The maximum Gasteiger partial charge on any atom is 0.145 e. The van der Waals surface area contributed by atoms with Crippen molar-refractivity contribution in [2.75, 3.05) is 13.2 Å². The zero-order valence-corrected chi connectivity index (χ0v) is 12.8. The van der Waals surface area contributed by atoms with Gasteiger partial charge in [0.25, 0.3) is 0 Å². The molecule has 0 atom stereocenters. The molecule has 1 aromatic heterocycles. The van der Waals surface area contributed by atoms with Gasteiger partial charge < -0.3 is 15.3 Å². The van der Waals surface area contributed by atoms with Crippen molar-refractivity contribution in [3.63, 3.8) is 0 Å². The van der Waals surface area contributed by atoms with E-state index in [1.165, 1.54) is 0 Å². The average molecular weight is 305 g/mol. The molecule has 21 heavy (non-hydrogen) atoms. The maximum atomic E-state index is 5.78. The fourth-order valence-electron chi connectivity index (χ4n) is 1.67. The summed E-state index contributed by atoms with van der Waals surface area (Å²) in [5.41, 5.74) is 6.70. The highest BCUT2D eigenvalue weighted by Crippen LogP contribution is 2.09. The molecule has 1 heterocycles. The molecule has 0 fully saturated rings. The van der Waals surface area contributed by atoms with Crippen molar-refractivity contribution in [1.82, 2.24) is 4.98 Å². The molecule has 0 aliphatic rings. The van der Waals surface area contributed by atoms with Crippen LogP contribution in [-0.4, -0.2) is 24.0 Å². The van der Waals surface area contributed by atoms with E-state index in [2.05, 4.69) is 10.1 Å². The molecule has 0 aliphatic carbocycles. The zero-order valence-electron chi connectivity index (χ0n) is 12.0. The fraction of sp³-hybridized carbons (Fsp3) is 0.333. The smallest absolute Gasteiger partial charge is 0.145 e. The number of amidine groups is 1. The van der Waals surface area contributed by atoms with E-state index in [1.54, 1.807) is 11.3 Å². The average Bonchev–Trinajstić information content (AvgIpc) is 2.89. The molecule has 112 valence electrons. The van der Waals surface area contributed by atoms with Crippen LogP contribution in [0.15, 0.2) is 40.9 Å². The molecule has 2 N–H and O–H groups in total. The number of rotatable bonds is 8. The number of aromatic nitrogens is 1. The summed E-state index contributed by atoms with van der Waals surface area (Å²) in [6.45, 7) is 3.03. The van der Waals surface area contributed by atoms with Gasteiger partial charge in [0.1, 0.15) is 18.2 Å². The molecule has 2 aromatic rings. The van der Waals surface area contributed by atoms with E-state index in [4.69, 9.17) is 15.3 Å². The maximum absolute atomic E-state index is 5.78. The lowest BCUT2D eigenvalue weighted by Crippen LogP contribution is -2.16. The van der Waals surface area contributed by atoms with Gasteiger partial charge in [0, 0.05) is 11.8 Å². The Labute approximate surface area is 128 Å². The van der Waals surface area contributed by atoms with Crippen molar-refractivity contribution in [3.05, 3.63) is 46.4 Å². The first-order chi connectivity index (χ1) is 10.2. The number of para-hydroxylation sites is 1. The molecule has 6 heteroatoms. The van der Waals surface area contributed by atoms with Gasteiger partial charge in [-0.15, -0.1) is 11.3 Å². The molecule has 0 bridgehead atoms. The second kappa shape index (κ2) is 8.26. The second-order valence-electron chi connectivity index (χ2n) is 4.47. The highest BCUT2D eigenvalue weighted by molar-refractivity contribution is 7.09. The van der Waals surface area contributed by atoms with Crippen LogP contribution in [0, 0.1) is 6.92 Å². The number of ether oxygens (including phenoxy) is 1. The number of benzene rings is 1. The number of aryl methyl sites for hydroxylation is 1. The molecular formula is C15H19N3O2S. The summed E-state index contributed by atoms with van der Waals surface area (Å²) >= 11 is 1.60. The Morgan fingerprint density at radius 1 is 1.29 bits per heavy atom. The van der Waals surface area contributed by atoms with Crippen LogP contribution in [-0.2, 0) is 11.3 Å². The molecule has 0 radical (unpaired) electrons. The lowest BCUT2D eigenvalue weighted by atomic mass is 10.3. The van der Waals surface area contributed by atoms with Crippen LogP contribution in [0.3, 0.4) is 0 Å². The summed E-state index contributed by atoms with van der Waals surface area (Å²) in [4.78, 5) is 9.50. The number of hydrogen-bond acceptors (Lipinski definition) is 5. The van der Waals surface area contributed by atoms with Crippen LogP contribution in [0.1, 0.15) is 17.1 Å². The Hall–Kier alpha value is -2.08. The van der Waals surface area contributed by atoms with Crippen LogP contribution in [0.2, 0.25) is 0 Å². The molecule has 1 aromatic carbocycles. The Morgan fingerprint density at radius 2 is 2.10 bits per heavy atom. The molecule has 0 spiro atoms. The van der Waals surface area contributed by atoms with Gasteiger partial charge in [-0.05, 0) is 19.1 Å². The van der Waals surface area contributed by atoms with Crippen molar-refractivity contribution in [2.45, 2.75) is 19.8 Å². The Balaban J connectivity index is 1.59. The normalized spacial score (nSPS) is 11.4. The van der Waals surface area contributed by atoms with Crippen molar-refractivity contribution in [1.29, 1.82) is 0 Å². The number of thiazole rings is 1. The quantitative estimate of drug-likeness (QED) is 0.352. The number of hydrogen-bond donors (Lipinski definition) is 1. The predicted molar refractivity (Wildman–Crippen MR) is 84.7 cm³/mol. The minimum Gasteiger partial charge on any atom is -0.493 e. The lowest BCUT2D eigenvalue weighted by molar-refractivity contribution is 0.127. The highest BCUT2D eigenvalue weighted by atomic mass is 32.1. The van der Waals surface area contributed by atoms with Gasteiger partial charge in [0.15, 0.2) is 0 Å². The van der Waals surface area contributed by atoms with Crippen molar-refractivity contribution in [2.24, 2.45) is 10.9 Å². The Kier molecular flexibility index (Phi) is 6.02. The van der Waals surface area contributed by atoms with E-state index >= 15 is 0 Å². The van der Waals surface area contributed by atoms with E-state index in [0.29, 0.717) is 25.5 Å². The summed E-state index contributed by atoms with van der Waals surface area (Å²) < 4.78 is 5.54. The monoisotopic (exact) mass is 305 g/mol. The topological polar surface area (TPSA) is 69.7 Å². The van der Waals surface area contributed by atoms with E-state index < -0.39 is 0 Å². The minimum atomic E-state index is 0.435. The van der Waals surface area contributed by atoms with E-state index in [0.717, 1.165) is 22.9 Å². The summed E-state index contributed by atoms with van der Waals surface area (Å²) in [6, 6.07) is 9.69. The first kappa shape index (κ1) is 15.3. The third kappa shape index (κ3) is 5.83. The van der Waals surface area contributed by atoms with E-state index in [9.17, 15) is 0 Å². The number of nitrogens with zero attached hydrogens (tertiary/aromatic N) is 2. The largest absolute Gasteiger partial charge is 0.493 e. The first-order valence-electron chi connectivity index (χ1n) is 6.77. The summed E-state index contributed by atoms with van der Waals surface area (Å²) in [5, 5.41) is 6.88. The molecular weight excluding hydrogens is 286 g/mol. The van der Waals surface area contributed by atoms with Gasteiger partial charge in [-0.2, -0.15) is 0 Å². The van der Waals surface area contributed by atoms with Crippen LogP contribution in [0.25, 0.3) is 0 Å². The van der Waals surface area contributed by atoms with E-state index in [1.807, 2.05) is 42.6 Å². The van der Waals surface area contributed by atoms with Gasteiger partial charge in [0.2, 0.25) is 0 Å².